The summed E-state index contributed by atoms with van der Waals surface area (Å²) in [5, 5.41) is 16.3. The molecule has 1 aromatic carbocycles. The predicted molar refractivity (Wildman–Crippen MR) is 94.7 cm³/mol. The van der Waals surface area contributed by atoms with Crippen LogP contribution in [0.4, 0.5) is 0 Å². The summed E-state index contributed by atoms with van der Waals surface area (Å²) in [5.74, 6) is -0.405. The minimum atomic E-state index is -1.02. The van der Waals surface area contributed by atoms with Crippen molar-refractivity contribution in [3.63, 3.8) is 0 Å². The molecule has 0 saturated heterocycles. The number of aliphatic carboxylic acids is 1. The van der Waals surface area contributed by atoms with Crippen molar-refractivity contribution in [2.75, 3.05) is 14.2 Å². The van der Waals surface area contributed by atoms with Crippen molar-refractivity contribution in [1.82, 2.24) is 15.1 Å². The van der Waals surface area contributed by atoms with Crippen molar-refractivity contribution >= 4 is 11.9 Å². The Morgan fingerprint density at radius 2 is 1.88 bits per heavy atom. The molecule has 0 fully saturated rings. The maximum atomic E-state index is 12.7. The molecule has 1 unspecified atom stereocenters. The zero-order valence-electron chi connectivity index (χ0n) is 15.5. The van der Waals surface area contributed by atoms with Crippen LogP contribution in [0.5, 0.6) is 11.5 Å². The molecule has 0 bridgehead atoms. The number of nitrogens with zero attached hydrogens (tertiary/aromatic N) is 2. The Bertz CT molecular complexity index is 828. The molecule has 0 radical (unpaired) electrons. The number of hydrogen-bond acceptors (Lipinski definition) is 5. The van der Waals surface area contributed by atoms with Crippen LogP contribution < -0.4 is 14.8 Å². The fraction of sp³-hybridized carbons (Fsp3) is 0.389. The second-order valence-corrected chi connectivity index (χ2v) is 5.91. The van der Waals surface area contributed by atoms with E-state index in [9.17, 15) is 14.7 Å². The van der Waals surface area contributed by atoms with Gasteiger partial charge in [-0.3, -0.25) is 14.3 Å². The van der Waals surface area contributed by atoms with Gasteiger partial charge in [0, 0.05) is 12.7 Å². The number of ether oxygens (including phenoxy) is 2. The van der Waals surface area contributed by atoms with Gasteiger partial charge < -0.3 is 19.9 Å². The quantitative estimate of drug-likeness (QED) is 0.782. The van der Waals surface area contributed by atoms with Crippen molar-refractivity contribution in [1.29, 1.82) is 0 Å². The highest BCUT2D eigenvalue weighted by molar-refractivity contribution is 5.96. The number of carbonyl (C=O) groups is 2. The van der Waals surface area contributed by atoms with Crippen molar-refractivity contribution in [3.05, 3.63) is 40.7 Å². The molecule has 2 rings (SSSR count). The van der Waals surface area contributed by atoms with Gasteiger partial charge >= 0.3 is 5.97 Å². The van der Waals surface area contributed by atoms with Crippen LogP contribution in [0.15, 0.2) is 18.2 Å². The number of nitrogens with one attached hydrogen (secondary N) is 1. The molecule has 0 aliphatic rings. The van der Waals surface area contributed by atoms with E-state index in [2.05, 4.69) is 10.4 Å². The number of aromatic nitrogens is 2. The molecule has 26 heavy (non-hydrogen) atoms. The van der Waals surface area contributed by atoms with E-state index < -0.39 is 12.0 Å². The lowest BCUT2D eigenvalue weighted by Crippen LogP contribution is -2.31. The molecule has 2 N–H and O–H groups in total. The van der Waals surface area contributed by atoms with Gasteiger partial charge in [-0.15, -0.1) is 0 Å². The summed E-state index contributed by atoms with van der Waals surface area (Å²) in [4.78, 5) is 24.0. The van der Waals surface area contributed by atoms with Crippen LogP contribution in [-0.4, -0.2) is 41.0 Å². The first kappa shape index (κ1) is 19.3. The molecule has 1 amide bonds. The van der Waals surface area contributed by atoms with Gasteiger partial charge in [-0.05, 0) is 31.5 Å². The molecular formula is C18H23N3O5. The van der Waals surface area contributed by atoms with Gasteiger partial charge in [0.05, 0.1) is 37.9 Å². The molecule has 0 spiro atoms. The molecule has 8 nitrogen and oxygen atoms in total. The lowest BCUT2D eigenvalue weighted by Gasteiger charge is -2.19. The second-order valence-electron chi connectivity index (χ2n) is 5.91. The van der Waals surface area contributed by atoms with Crippen molar-refractivity contribution < 1.29 is 24.2 Å². The zero-order valence-corrected chi connectivity index (χ0v) is 15.5. The monoisotopic (exact) mass is 361 g/mol. The summed E-state index contributed by atoms with van der Waals surface area (Å²) < 4.78 is 12.1. The van der Waals surface area contributed by atoms with Gasteiger partial charge in [0.25, 0.3) is 5.91 Å². The Hall–Kier alpha value is -3.03. The number of carbonyl (C=O) groups excluding carboxylic acids is 1. The van der Waals surface area contributed by atoms with Crippen LogP contribution >= 0.6 is 0 Å². The first-order valence-corrected chi connectivity index (χ1v) is 8.03. The van der Waals surface area contributed by atoms with Crippen LogP contribution in [0, 0.1) is 13.8 Å². The van der Waals surface area contributed by atoms with Gasteiger partial charge in [0.1, 0.15) is 0 Å². The summed E-state index contributed by atoms with van der Waals surface area (Å²) >= 11 is 0. The van der Waals surface area contributed by atoms with Gasteiger partial charge in [-0.2, -0.15) is 5.10 Å². The second kappa shape index (κ2) is 7.90. The van der Waals surface area contributed by atoms with Crippen molar-refractivity contribution in [2.45, 2.75) is 26.3 Å². The molecule has 0 aliphatic carbocycles. The number of amides is 1. The normalized spacial score (nSPS) is 11.7. The average molecular weight is 361 g/mol. The topological polar surface area (TPSA) is 103 Å². The Morgan fingerprint density at radius 1 is 1.23 bits per heavy atom. The number of hydrogen-bond donors (Lipinski definition) is 2. The number of benzene rings is 1. The SMILES string of the molecule is COc1ccc(C(CC(=O)O)NC(=O)c2c(C)nn(C)c2C)cc1OC. The number of carboxylic acids is 1. The first-order valence-electron chi connectivity index (χ1n) is 8.03. The summed E-state index contributed by atoms with van der Waals surface area (Å²) in [6, 6.07) is 4.32. The summed E-state index contributed by atoms with van der Waals surface area (Å²) in [5.41, 5.74) is 2.35. The fourth-order valence-electron chi connectivity index (χ4n) is 2.83. The van der Waals surface area contributed by atoms with Gasteiger partial charge in [-0.1, -0.05) is 6.07 Å². The summed E-state index contributed by atoms with van der Waals surface area (Å²) in [6.07, 6.45) is -0.264. The van der Waals surface area contributed by atoms with Crippen LogP contribution in [-0.2, 0) is 11.8 Å². The average Bonchev–Trinajstić information content (AvgIpc) is 2.85. The molecule has 8 heteroatoms. The Kier molecular flexibility index (Phi) is 5.86. The highest BCUT2D eigenvalue weighted by atomic mass is 16.5. The predicted octanol–water partition coefficient (Wildman–Crippen LogP) is 2.00. The lowest BCUT2D eigenvalue weighted by atomic mass is 10.0. The van der Waals surface area contributed by atoms with E-state index in [1.54, 1.807) is 43.8 Å². The third-order valence-electron chi connectivity index (χ3n) is 4.23. The van der Waals surface area contributed by atoms with E-state index in [-0.39, 0.29) is 12.3 Å². The van der Waals surface area contributed by atoms with Crippen molar-refractivity contribution in [3.8, 4) is 11.5 Å². The Balaban J connectivity index is 2.36. The highest BCUT2D eigenvalue weighted by Gasteiger charge is 2.24. The third-order valence-corrected chi connectivity index (χ3v) is 4.23. The van der Waals surface area contributed by atoms with Crippen molar-refractivity contribution in [2.24, 2.45) is 7.05 Å². The van der Waals surface area contributed by atoms with Crippen LogP contribution in [0.1, 0.15) is 39.8 Å². The van der Waals surface area contributed by atoms with Gasteiger partial charge in [0.15, 0.2) is 11.5 Å². The van der Waals surface area contributed by atoms with Crippen LogP contribution in [0.25, 0.3) is 0 Å². The number of rotatable bonds is 7. The number of aryl methyl sites for hydroxylation is 2. The largest absolute Gasteiger partial charge is 0.493 e. The third kappa shape index (κ3) is 3.96. The molecule has 1 atom stereocenters. The van der Waals surface area contributed by atoms with E-state index in [1.807, 2.05) is 0 Å². The van der Waals surface area contributed by atoms with Crippen LogP contribution in [0.2, 0.25) is 0 Å². The fourth-order valence-corrected chi connectivity index (χ4v) is 2.83. The Morgan fingerprint density at radius 3 is 2.38 bits per heavy atom. The standard InChI is InChI=1S/C18H23N3O5/c1-10-17(11(2)21(3)20-10)18(24)19-13(9-16(22)23)12-6-7-14(25-4)15(8-12)26-5/h6-8,13H,9H2,1-5H3,(H,19,24)(H,22,23). The van der Waals surface area contributed by atoms with Gasteiger partial charge in [-0.25, -0.2) is 0 Å². The van der Waals surface area contributed by atoms with E-state index in [0.717, 1.165) is 0 Å². The molecule has 0 aliphatic heterocycles. The number of carboxylic acid groups (broad SMARTS) is 1. The maximum absolute atomic E-state index is 12.7. The minimum Gasteiger partial charge on any atom is -0.493 e. The lowest BCUT2D eigenvalue weighted by molar-refractivity contribution is -0.137. The Labute approximate surface area is 151 Å². The zero-order chi connectivity index (χ0) is 19.4. The number of methoxy groups -OCH3 is 2. The molecular weight excluding hydrogens is 338 g/mol. The molecule has 140 valence electrons. The van der Waals surface area contributed by atoms with E-state index in [1.165, 1.54) is 14.2 Å². The smallest absolute Gasteiger partial charge is 0.305 e. The van der Waals surface area contributed by atoms with E-state index >= 15 is 0 Å². The molecule has 2 aromatic rings. The highest BCUT2D eigenvalue weighted by Crippen LogP contribution is 2.31. The van der Waals surface area contributed by atoms with Crippen LogP contribution in [0.3, 0.4) is 0 Å². The van der Waals surface area contributed by atoms with Gasteiger partial charge in [0.2, 0.25) is 0 Å². The first-order chi connectivity index (χ1) is 12.3. The summed E-state index contributed by atoms with van der Waals surface area (Å²) in [6.45, 7) is 3.53. The minimum absolute atomic E-state index is 0.264. The van der Waals surface area contributed by atoms with E-state index in [4.69, 9.17) is 9.47 Å². The molecule has 1 aromatic heterocycles. The maximum Gasteiger partial charge on any atom is 0.305 e. The summed E-state index contributed by atoms with van der Waals surface area (Å²) in [7, 11) is 4.76. The van der Waals surface area contributed by atoms with E-state index in [0.29, 0.717) is 34.0 Å². The molecule has 1 heterocycles. The molecule has 0 saturated carbocycles.